The van der Waals surface area contributed by atoms with Crippen molar-refractivity contribution in [1.82, 2.24) is 5.32 Å². The smallest absolute Gasteiger partial charge is 0.407 e. The minimum Gasteiger partial charge on any atom is -0.446 e. The topological polar surface area (TPSA) is 73.6 Å². The van der Waals surface area contributed by atoms with Gasteiger partial charge in [-0.1, -0.05) is 0 Å². The van der Waals surface area contributed by atoms with Crippen LogP contribution < -0.4 is 11.2 Å². The molecule has 0 saturated heterocycles. The molecule has 1 aliphatic rings. The highest BCUT2D eigenvalue weighted by Crippen LogP contribution is 2.23. The van der Waals surface area contributed by atoms with Crippen molar-refractivity contribution in [3.05, 3.63) is 0 Å². The molecule has 0 aromatic rings. The molecule has 1 amide bonds. The maximum Gasteiger partial charge on any atom is 0.407 e. The predicted octanol–water partition coefficient (Wildman–Crippen LogP) is -0.235. The molecule has 0 heterocycles. The van der Waals surface area contributed by atoms with E-state index in [0.717, 1.165) is 12.8 Å². The van der Waals surface area contributed by atoms with Gasteiger partial charge in [0.2, 0.25) is 0 Å². The van der Waals surface area contributed by atoms with E-state index >= 15 is 0 Å². The van der Waals surface area contributed by atoms with Crippen LogP contribution in [0.1, 0.15) is 12.8 Å². The Hall–Kier alpha value is -0.810. The summed E-state index contributed by atoms with van der Waals surface area (Å²) in [5, 5.41) is 2.49. The van der Waals surface area contributed by atoms with Crippen LogP contribution in [0, 0.1) is 0 Å². The molecule has 0 bridgehead atoms. The monoisotopic (exact) mass is 160 g/mol. The summed E-state index contributed by atoms with van der Waals surface area (Å²) in [4.78, 5) is 15.0. The molecule has 0 aromatic carbocycles. The fraction of sp³-hybridized carbons (Fsp3) is 0.833. The summed E-state index contributed by atoms with van der Waals surface area (Å²) in [6, 6.07) is 0. The number of nitrogens with one attached hydrogen (secondary N) is 1. The highest BCUT2D eigenvalue weighted by molar-refractivity contribution is 5.67. The Balaban J connectivity index is 1.92. The zero-order chi connectivity index (χ0) is 8.10. The van der Waals surface area contributed by atoms with Gasteiger partial charge < -0.3 is 14.9 Å². The number of carbonyl (C=O) groups excluding carboxylic acids is 1. The van der Waals surface area contributed by atoms with Crippen molar-refractivity contribution in [2.24, 2.45) is 5.90 Å². The fourth-order valence-electron chi connectivity index (χ4n) is 0.591. The number of amides is 1. The molecular weight excluding hydrogens is 148 g/mol. The molecule has 1 fully saturated rings. The molecule has 0 radical (unpaired) electrons. The van der Waals surface area contributed by atoms with Gasteiger partial charge in [-0.2, -0.15) is 0 Å². The summed E-state index contributed by atoms with van der Waals surface area (Å²) in [7, 11) is 0. The zero-order valence-electron chi connectivity index (χ0n) is 6.21. The van der Waals surface area contributed by atoms with E-state index < -0.39 is 0 Å². The van der Waals surface area contributed by atoms with E-state index in [1.54, 1.807) is 0 Å². The van der Waals surface area contributed by atoms with E-state index in [9.17, 15) is 4.79 Å². The number of hydrogen-bond acceptors (Lipinski definition) is 4. The fourth-order valence-corrected chi connectivity index (χ4v) is 0.591. The van der Waals surface area contributed by atoms with Gasteiger partial charge in [0.15, 0.2) is 0 Å². The number of nitrogens with two attached hydrogens (primary N) is 1. The summed E-state index contributed by atoms with van der Waals surface area (Å²) in [5.41, 5.74) is 0. The van der Waals surface area contributed by atoms with E-state index in [1.165, 1.54) is 0 Å². The van der Waals surface area contributed by atoms with E-state index in [2.05, 4.69) is 10.2 Å². The van der Waals surface area contributed by atoms with Gasteiger partial charge in [0.1, 0.15) is 6.10 Å². The van der Waals surface area contributed by atoms with Crippen LogP contribution in [0.4, 0.5) is 4.79 Å². The van der Waals surface area contributed by atoms with Crippen molar-refractivity contribution in [3.63, 3.8) is 0 Å². The van der Waals surface area contributed by atoms with Gasteiger partial charge in [-0.15, -0.1) is 0 Å². The Bertz CT molecular complexity index is 136. The second kappa shape index (κ2) is 4.15. The Morgan fingerprint density at radius 2 is 2.36 bits per heavy atom. The van der Waals surface area contributed by atoms with Gasteiger partial charge in [-0.05, 0) is 12.8 Å². The number of hydrogen-bond donors (Lipinski definition) is 2. The van der Waals surface area contributed by atoms with Gasteiger partial charge in [-0.25, -0.2) is 10.7 Å². The van der Waals surface area contributed by atoms with Crippen molar-refractivity contribution in [2.75, 3.05) is 13.2 Å². The van der Waals surface area contributed by atoms with E-state index in [-0.39, 0.29) is 12.2 Å². The minimum atomic E-state index is -0.385. The average molecular weight is 160 g/mol. The minimum absolute atomic E-state index is 0.147. The van der Waals surface area contributed by atoms with Crippen LogP contribution >= 0.6 is 0 Å². The number of rotatable bonds is 4. The van der Waals surface area contributed by atoms with Gasteiger partial charge >= 0.3 is 6.09 Å². The van der Waals surface area contributed by atoms with Crippen molar-refractivity contribution in [3.8, 4) is 0 Å². The summed E-state index contributed by atoms with van der Waals surface area (Å²) >= 11 is 0. The molecule has 1 saturated carbocycles. The van der Waals surface area contributed by atoms with Crippen LogP contribution in [0.25, 0.3) is 0 Å². The molecule has 1 aliphatic carbocycles. The molecule has 3 N–H and O–H groups in total. The van der Waals surface area contributed by atoms with E-state index in [0.29, 0.717) is 13.2 Å². The van der Waals surface area contributed by atoms with E-state index in [1.807, 2.05) is 0 Å². The number of alkyl carbamates (subject to hydrolysis) is 1. The maximum absolute atomic E-state index is 10.7. The second-order valence-corrected chi connectivity index (χ2v) is 2.40. The third-order valence-electron chi connectivity index (χ3n) is 1.29. The lowest BCUT2D eigenvalue weighted by molar-refractivity contribution is 0.120. The third kappa shape index (κ3) is 3.79. The molecule has 0 spiro atoms. The van der Waals surface area contributed by atoms with Gasteiger partial charge in [0.05, 0.1) is 6.61 Å². The van der Waals surface area contributed by atoms with Gasteiger partial charge in [0, 0.05) is 6.54 Å². The Kier molecular flexibility index (Phi) is 3.13. The lowest BCUT2D eigenvalue weighted by Gasteiger charge is -2.03. The molecule has 0 aromatic heterocycles. The first-order valence-corrected chi connectivity index (χ1v) is 3.59. The first-order valence-electron chi connectivity index (χ1n) is 3.59. The highest BCUT2D eigenvalue weighted by atomic mass is 16.6. The average Bonchev–Trinajstić information content (AvgIpc) is 2.72. The molecule has 0 atom stereocenters. The van der Waals surface area contributed by atoms with Crippen molar-refractivity contribution < 1.29 is 14.4 Å². The van der Waals surface area contributed by atoms with Crippen molar-refractivity contribution in [1.29, 1.82) is 0 Å². The molecule has 1 rings (SSSR count). The van der Waals surface area contributed by atoms with Crippen molar-refractivity contribution >= 4 is 6.09 Å². The number of carbonyl (C=O) groups is 1. The van der Waals surface area contributed by atoms with Gasteiger partial charge in [-0.3, -0.25) is 0 Å². The second-order valence-electron chi connectivity index (χ2n) is 2.40. The summed E-state index contributed by atoms with van der Waals surface area (Å²) < 4.78 is 4.86. The van der Waals surface area contributed by atoms with Crippen molar-refractivity contribution in [2.45, 2.75) is 18.9 Å². The summed E-state index contributed by atoms with van der Waals surface area (Å²) in [6.07, 6.45) is 1.74. The van der Waals surface area contributed by atoms with Crippen LogP contribution in [0.3, 0.4) is 0 Å². The molecule has 11 heavy (non-hydrogen) atoms. The van der Waals surface area contributed by atoms with Crippen LogP contribution in [-0.2, 0) is 9.57 Å². The Morgan fingerprint density at radius 1 is 1.64 bits per heavy atom. The summed E-state index contributed by atoms with van der Waals surface area (Å²) in [5.74, 6) is 4.74. The lowest BCUT2D eigenvalue weighted by Crippen LogP contribution is -2.29. The summed E-state index contributed by atoms with van der Waals surface area (Å²) in [6.45, 7) is 0.696. The highest BCUT2D eigenvalue weighted by Gasteiger charge is 2.25. The van der Waals surface area contributed by atoms with Crippen LogP contribution in [0.5, 0.6) is 0 Å². The SMILES string of the molecule is NOCCNC(=O)OC1CC1. The maximum atomic E-state index is 10.7. The van der Waals surface area contributed by atoms with E-state index in [4.69, 9.17) is 10.6 Å². The predicted molar refractivity (Wildman–Crippen MR) is 37.6 cm³/mol. The van der Waals surface area contributed by atoms with Crippen LogP contribution in [0.15, 0.2) is 0 Å². The molecule has 0 aliphatic heterocycles. The lowest BCUT2D eigenvalue weighted by atomic mass is 10.7. The Morgan fingerprint density at radius 3 is 2.91 bits per heavy atom. The molecule has 64 valence electrons. The first kappa shape index (κ1) is 8.29. The standard InChI is InChI=1S/C6H12N2O3/c7-10-4-3-8-6(9)11-5-1-2-5/h5H,1-4,7H2,(H,8,9). The normalized spacial score (nSPS) is 16.1. The molecule has 0 unspecified atom stereocenters. The molecule has 5 nitrogen and oxygen atoms in total. The Labute approximate surface area is 64.8 Å². The quantitative estimate of drug-likeness (QED) is 0.440. The third-order valence-corrected chi connectivity index (χ3v) is 1.29. The van der Waals surface area contributed by atoms with Crippen LogP contribution in [-0.4, -0.2) is 25.3 Å². The number of ether oxygens (including phenoxy) is 1. The first-order chi connectivity index (χ1) is 5.33. The molecular formula is C6H12N2O3. The largest absolute Gasteiger partial charge is 0.446 e. The van der Waals surface area contributed by atoms with Gasteiger partial charge in [0.25, 0.3) is 0 Å². The molecule has 5 heteroatoms. The zero-order valence-corrected chi connectivity index (χ0v) is 6.21. The van der Waals surface area contributed by atoms with Crippen LogP contribution in [0.2, 0.25) is 0 Å².